The van der Waals surface area contributed by atoms with Gasteiger partial charge in [0.15, 0.2) is 11.5 Å². The van der Waals surface area contributed by atoms with Gasteiger partial charge in [-0.15, -0.1) is 0 Å². The molecule has 2 N–H and O–H groups in total. The zero-order valence-electron chi connectivity index (χ0n) is 23.6. The first kappa shape index (κ1) is 27.5. The number of fused-ring (bicyclic) bond motifs is 2. The molecule has 0 fully saturated rings. The highest BCUT2D eigenvalue weighted by Gasteiger charge is 2.28. The van der Waals surface area contributed by atoms with E-state index in [-0.39, 0.29) is 12.1 Å². The Morgan fingerprint density at radius 3 is 2.55 bits per heavy atom. The molecular formula is C33H38N4O3. The summed E-state index contributed by atoms with van der Waals surface area (Å²) >= 11 is 0. The quantitative estimate of drug-likeness (QED) is 0.232. The lowest BCUT2D eigenvalue weighted by atomic mass is 9.88. The number of para-hydroxylation sites is 1. The Bertz CT molecular complexity index is 1460. The molecule has 40 heavy (non-hydrogen) atoms. The number of urea groups is 1. The molecule has 2 amide bonds. The number of nitrogens with zero attached hydrogens (tertiary/aromatic N) is 2. The van der Waals surface area contributed by atoms with Gasteiger partial charge in [0.05, 0.1) is 25.4 Å². The van der Waals surface area contributed by atoms with Crippen LogP contribution in [-0.2, 0) is 12.8 Å². The van der Waals surface area contributed by atoms with Gasteiger partial charge in [0, 0.05) is 36.8 Å². The number of aryl methyl sites for hydroxylation is 2. The van der Waals surface area contributed by atoms with E-state index in [1.54, 1.807) is 14.2 Å². The SMILES string of the molecule is COc1cc2c(cc1OC)C(CCc1ccccc1)N(CCCNC(=O)Nc1cc(C)nc3ccccc13)CC2. The van der Waals surface area contributed by atoms with Gasteiger partial charge in [-0.3, -0.25) is 9.88 Å². The summed E-state index contributed by atoms with van der Waals surface area (Å²) < 4.78 is 11.2. The maximum atomic E-state index is 12.8. The number of methoxy groups -OCH3 is 2. The van der Waals surface area contributed by atoms with Gasteiger partial charge in [-0.2, -0.15) is 0 Å². The van der Waals surface area contributed by atoms with E-state index < -0.39 is 0 Å². The number of hydrogen-bond donors (Lipinski definition) is 2. The van der Waals surface area contributed by atoms with Crippen LogP contribution in [0.2, 0.25) is 0 Å². The molecule has 0 aliphatic carbocycles. The third-order valence-corrected chi connectivity index (χ3v) is 7.66. The van der Waals surface area contributed by atoms with Crippen molar-refractivity contribution in [3.63, 3.8) is 0 Å². The van der Waals surface area contributed by atoms with Crippen LogP contribution in [0.5, 0.6) is 11.5 Å². The van der Waals surface area contributed by atoms with Crippen LogP contribution in [0.4, 0.5) is 10.5 Å². The Balaban J connectivity index is 1.23. The monoisotopic (exact) mass is 538 g/mol. The number of pyridine rings is 1. The van der Waals surface area contributed by atoms with Gasteiger partial charge in [0.2, 0.25) is 0 Å². The fraction of sp³-hybridized carbons (Fsp3) is 0.333. The average Bonchev–Trinajstić information content (AvgIpc) is 2.98. The number of nitrogens with one attached hydrogen (secondary N) is 2. The summed E-state index contributed by atoms with van der Waals surface area (Å²) in [5.41, 5.74) is 6.50. The van der Waals surface area contributed by atoms with Gasteiger partial charge in [-0.1, -0.05) is 48.5 Å². The highest BCUT2D eigenvalue weighted by Crippen LogP contribution is 2.40. The fourth-order valence-electron chi connectivity index (χ4n) is 5.70. The standard InChI is InChI=1S/C33H38N4O3/c1-23-20-29(26-12-7-8-13-28(26)35-23)36-33(38)34-17-9-18-37-19-16-25-21-31(39-2)32(40-3)22-27(25)30(37)15-14-24-10-5-4-6-11-24/h4-8,10-13,20-22,30H,9,14-19H2,1-3H3,(H2,34,35,36,38). The molecule has 1 unspecified atom stereocenters. The van der Waals surface area contributed by atoms with Gasteiger partial charge >= 0.3 is 6.03 Å². The molecule has 1 aliphatic rings. The summed E-state index contributed by atoms with van der Waals surface area (Å²) in [6.45, 7) is 4.39. The maximum Gasteiger partial charge on any atom is 0.319 e. The summed E-state index contributed by atoms with van der Waals surface area (Å²) in [5.74, 6) is 1.55. The molecule has 1 aliphatic heterocycles. The van der Waals surface area contributed by atoms with Crippen molar-refractivity contribution in [2.24, 2.45) is 0 Å². The minimum atomic E-state index is -0.197. The van der Waals surface area contributed by atoms with Crippen molar-refractivity contribution in [1.82, 2.24) is 15.2 Å². The van der Waals surface area contributed by atoms with Crippen molar-refractivity contribution in [3.8, 4) is 11.5 Å². The smallest absolute Gasteiger partial charge is 0.319 e. The molecule has 7 nitrogen and oxygen atoms in total. The molecule has 0 saturated carbocycles. The third-order valence-electron chi connectivity index (χ3n) is 7.66. The van der Waals surface area contributed by atoms with E-state index in [9.17, 15) is 4.79 Å². The first-order valence-corrected chi connectivity index (χ1v) is 14.0. The number of carbonyl (C=O) groups is 1. The maximum absolute atomic E-state index is 12.8. The second-order valence-corrected chi connectivity index (χ2v) is 10.3. The van der Waals surface area contributed by atoms with E-state index in [2.05, 4.69) is 63.0 Å². The largest absolute Gasteiger partial charge is 0.493 e. The molecule has 2 heterocycles. The summed E-state index contributed by atoms with van der Waals surface area (Å²) in [7, 11) is 3.38. The normalized spacial score (nSPS) is 14.9. The molecule has 4 aromatic rings. The number of aromatic nitrogens is 1. The number of benzene rings is 3. The number of anilines is 1. The molecule has 0 radical (unpaired) electrons. The molecule has 5 rings (SSSR count). The molecule has 0 bridgehead atoms. The Morgan fingerprint density at radius 1 is 1.00 bits per heavy atom. The van der Waals surface area contributed by atoms with E-state index in [0.29, 0.717) is 6.54 Å². The Labute approximate surface area is 236 Å². The van der Waals surface area contributed by atoms with Gasteiger partial charge in [-0.05, 0) is 73.6 Å². The molecule has 0 saturated heterocycles. The van der Waals surface area contributed by atoms with Crippen LogP contribution in [0.15, 0.2) is 72.8 Å². The minimum absolute atomic E-state index is 0.197. The molecule has 208 valence electrons. The number of ether oxygens (including phenoxy) is 2. The van der Waals surface area contributed by atoms with E-state index in [0.717, 1.165) is 72.6 Å². The lowest BCUT2D eigenvalue weighted by Gasteiger charge is -2.38. The lowest BCUT2D eigenvalue weighted by Crippen LogP contribution is -2.38. The number of amides is 2. The number of carbonyl (C=O) groups excluding carboxylic acids is 1. The summed E-state index contributed by atoms with van der Waals surface area (Å²) in [4.78, 5) is 19.9. The zero-order valence-corrected chi connectivity index (χ0v) is 23.6. The molecule has 3 aromatic carbocycles. The summed E-state index contributed by atoms with van der Waals surface area (Å²) in [5, 5.41) is 7.00. The Kier molecular flexibility index (Phi) is 8.81. The van der Waals surface area contributed by atoms with Crippen molar-refractivity contribution < 1.29 is 14.3 Å². The number of hydrogen-bond acceptors (Lipinski definition) is 5. The van der Waals surface area contributed by atoms with E-state index >= 15 is 0 Å². The summed E-state index contributed by atoms with van der Waals surface area (Å²) in [6.07, 6.45) is 3.82. The highest BCUT2D eigenvalue weighted by atomic mass is 16.5. The highest BCUT2D eigenvalue weighted by molar-refractivity contribution is 6.00. The van der Waals surface area contributed by atoms with Crippen molar-refractivity contribution in [2.45, 2.75) is 38.6 Å². The number of rotatable bonds is 10. The molecule has 1 aromatic heterocycles. The second kappa shape index (κ2) is 12.8. The van der Waals surface area contributed by atoms with E-state index in [1.165, 1.54) is 16.7 Å². The molecule has 1 atom stereocenters. The minimum Gasteiger partial charge on any atom is -0.493 e. The van der Waals surface area contributed by atoms with Crippen molar-refractivity contribution in [2.75, 3.05) is 39.2 Å². The van der Waals surface area contributed by atoms with Crippen LogP contribution >= 0.6 is 0 Å². The molecule has 0 spiro atoms. The predicted octanol–water partition coefficient (Wildman–Crippen LogP) is 6.30. The fourth-order valence-corrected chi connectivity index (χ4v) is 5.70. The van der Waals surface area contributed by atoms with Crippen molar-refractivity contribution in [1.29, 1.82) is 0 Å². The lowest BCUT2D eigenvalue weighted by molar-refractivity contribution is 0.172. The van der Waals surface area contributed by atoms with Crippen molar-refractivity contribution >= 4 is 22.6 Å². The van der Waals surface area contributed by atoms with Crippen LogP contribution in [0.1, 0.15) is 41.3 Å². The van der Waals surface area contributed by atoms with Gasteiger partial charge in [-0.25, -0.2) is 4.79 Å². The van der Waals surface area contributed by atoms with Gasteiger partial charge in [0.1, 0.15) is 0 Å². The predicted molar refractivity (Wildman–Crippen MR) is 160 cm³/mol. The third kappa shape index (κ3) is 6.37. The van der Waals surface area contributed by atoms with Crippen LogP contribution in [0, 0.1) is 6.92 Å². The molecule has 7 heteroatoms. The summed E-state index contributed by atoms with van der Waals surface area (Å²) in [6, 6.07) is 24.8. The van der Waals surface area contributed by atoms with Crippen LogP contribution in [0.3, 0.4) is 0 Å². The topological polar surface area (TPSA) is 75.7 Å². The van der Waals surface area contributed by atoms with E-state index in [4.69, 9.17) is 9.47 Å². The van der Waals surface area contributed by atoms with Gasteiger partial charge < -0.3 is 20.1 Å². The zero-order chi connectivity index (χ0) is 27.9. The van der Waals surface area contributed by atoms with Crippen LogP contribution < -0.4 is 20.1 Å². The first-order valence-electron chi connectivity index (χ1n) is 14.0. The first-order chi connectivity index (χ1) is 19.6. The van der Waals surface area contributed by atoms with Gasteiger partial charge in [0.25, 0.3) is 0 Å². The van der Waals surface area contributed by atoms with Crippen LogP contribution in [-0.4, -0.2) is 49.8 Å². The Morgan fingerprint density at radius 2 is 1.75 bits per heavy atom. The van der Waals surface area contributed by atoms with Crippen LogP contribution in [0.25, 0.3) is 10.9 Å². The second-order valence-electron chi connectivity index (χ2n) is 10.3. The van der Waals surface area contributed by atoms with Crippen molar-refractivity contribution in [3.05, 3.63) is 95.2 Å². The molecular weight excluding hydrogens is 500 g/mol. The Hall–Kier alpha value is -4.10. The average molecular weight is 539 g/mol. The van der Waals surface area contributed by atoms with E-state index in [1.807, 2.05) is 37.3 Å².